The number of hydrogen-bond donors (Lipinski definition) is 0. The average molecular weight is 290 g/mol. The Hall–Kier alpha value is -2.01. The second kappa shape index (κ2) is 6.18. The summed E-state index contributed by atoms with van der Waals surface area (Å²) in [5, 5.41) is 0. The van der Waals surface area contributed by atoms with Gasteiger partial charge < -0.3 is 4.74 Å². The molecule has 1 fully saturated rings. The molecule has 21 heavy (non-hydrogen) atoms. The van der Waals surface area contributed by atoms with E-state index >= 15 is 0 Å². The van der Waals surface area contributed by atoms with Crippen molar-refractivity contribution in [3.63, 3.8) is 0 Å². The quantitative estimate of drug-likeness (QED) is 0.845. The highest BCUT2D eigenvalue weighted by Crippen LogP contribution is 2.27. The maximum atomic E-state index is 12.2. The molecule has 3 rings (SSSR count). The molecule has 0 saturated carbocycles. The van der Waals surface area contributed by atoms with Crippen LogP contribution in [0.25, 0.3) is 0 Å². The van der Waals surface area contributed by atoms with Crippen LogP contribution in [0, 0.1) is 0 Å². The Morgan fingerprint density at radius 2 is 2.05 bits per heavy atom. The molecule has 0 unspecified atom stereocenters. The molecule has 1 aromatic carbocycles. The summed E-state index contributed by atoms with van der Waals surface area (Å²) in [6.07, 6.45) is 1.81. The normalized spacial score (nSPS) is 16.0. The van der Waals surface area contributed by atoms with Gasteiger partial charge >= 0.3 is 6.61 Å². The van der Waals surface area contributed by atoms with E-state index < -0.39 is 6.61 Å². The van der Waals surface area contributed by atoms with Gasteiger partial charge in [-0.05, 0) is 29.8 Å². The Morgan fingerprint density at radius 3 is 2.76 bits per heavy atom. The molecule has 0 bridgehead atoms. The third-order valence-electron chi connectivity index (χ3n) is 3.59. The monoisotopic (exact) mass is 290 g/mol. The molecule has 2 heterocycles. The van der Waals surface area contributed by atoms with Crippen LogP contribution < -0.4 is 4.74 Å². The second-order valence-corrected chi connectivity index (χ2v) is 5.17. The number of rotatable bonds is 5. The summed E-state index contributed by atoms with van der Waals surface area (Å²) < 4.78 is 28.8. The maximum Gasteiger partial charge on any atom is 0.387 e. The third kappa shape index (κ3) is 3.55. The zero-order valence-electron chi connectivity index (χ0n) is 11.5. The van der Waals surface area contributed by atoms with Crippen LogP contribution in [0.2, 0.25) is 0 Å². The molecule has 3 nitrogen and oxygen atoms in total. The van der Waals surface area contributed by atoms with Gasteiger partial charge in [0, 0.05) is 37.4 Å². The number of benzene rings is 1. The van der Waals surface area contributed by atoms with Crippen LogP contribution >= 0.6 is 0 Å². The fraction of sp³-hybridized carbons (Fsp3) is 0.312. The zero-order valence-corrected chi connectivity index (χ0v) is 11.5. The lowest BCUT2D eigenvalue weighted by Crippen LogP contribution is -2.44. The summed E-state index contributed by atoms with van der Waals surface area (Å²) in [5.41, 5.74) is 2.09. The van der Waals surface area contributed by atoms with Crippen LogP contribution in [0.1, 0.15) is 17.2 Å². The maximum absolute atomic E-state index is 12.2. The summed E-state index contributed by atoms with van der Waals surface area (Å²) in [6, 6.07) is 12.8. The van der Waals surface area contributed by atoms with E-state index in [0.29, 0.717) is 5.92 Å². The lowest BCUT2D eigenvalue weighted by molar-refractivity contribution is -0.0499. The predicted octanol–water partition coefficient (Wildman–Crippen LogP) is 3.28. The van der Waals surface area contributed by atoms with E-state index in [1.165, 1.54) is 0 Å². The summed E-state index contributed by atoms with van der Waals surface area (Å²) >= 11 is 0. The van der Waals surface area contributed by atoms with Gasteiger partial charge in [-0.15, -0.1) is 0 Å². The van der Waals surface area contributed by atoms with Crippen molar-refractivity contribution in [2.75, 3.05) is 13.1 Å². The van der Waals surface area contributed by atoms with Crippen LogP contribution in [-0.4, -0.2) is 29.6 Å². The first-order valence-electron chi connectivity index (χ1n) is 6.88. The van der Waals surface area contributed by atoms with Crippen molar-refractivity contribution in [2.45, 2.75) is 19.1 Å². The van der Waals surface area contributed by atoms with Crippen LogP contribution in [-0.2, 0) is 6.54 Å². The van der Waals surface area contributed by atoms with Gasteiger partial charge in [0.05, 0.1) is 0 Å². The average Bonchev–Trinajstić information content (AvgIpc) is 2.43. The third-order valence-corrected chi connectivity index (χ3v) is 3.59. The van der Waals surface area contributed by atoms with Crippen molar-refractivity contribution < 1.29 is 13.5 Å². The van der Waals surface area contributed by atoms with Gasteiger partial charge in [0.15, 0.2) is 0 Å². The van der Waals surface area contributed by atoms with Crippen LogP contribution in [0.15, 0.2) is 48.7 Å². The van der Waals surface area contributed by atoms with Crippen molar-refractivity contribution >= 4 is 0 Å². The Morgan fingerprint density at radius 1 is 1.19 bits per heavy atom. The van der Waals surface area contributed by atoms with Crippen LogP contribution in [0.5, 0.6) is 5.75 Å². The Labute approximate surface area is 122 Å². The molecule has 1 aliphatic heterocycles. The molecular weight excluding hydrogens is 274 g/mol. The zero-order chi connectivity index (χ0) is 14.7. The summed E-state index contributed by atoms with van der Waals surface area (Å²) in [6.45, 7) is -0.157. The minimum Gasteiger partial charge on any atom is -0.435 e. The number of nitrogens with zero attached hydrogens (tertiary/aromatic N) is 2. The first-order valence-corrected chi connectivity index (χ1v) is 6.88. The topological polar surface area (TPSA) is 25.4 Å². The van der Waals surface area contributed by atoms with E-state index in [2.05, 4.69) is 14.6 Å². The number of halogens is 2. The Balaban J connectivity index is 1.55. The molecule has 110 valence electrons. The van der Waals surface area contributed by atoms with Crippen molar-refractivity contribution in [2.24, 2.45) is 0 Å². The molecule has 0 aliphatic carbocycles. The van der Waals surface area contributed by atoms with E-state index in [4.69, 9.17) is 0 Å². The molecule has 2 aromatic rings. The largest absolute Gasteiger partial charge is 0.435 e. The fourth-order valence-electron chi connectivity index (χ4n) is 2.58. The minimum absolute atomic E-state index is 0.212. The molecule has 0 N–H and O–H groups in total. The van der Waals surface area contributed by atoms with E-state index in [-0.39, 0.29) is 5.75 Å². The highest BCUT2D eigenvalue weighted by atomic mass is 19.3. The standard InChI is InChI=1S/C16H16F2N2O/c17-16(18)21-14-5-3-4-12(8-14)9-20-10-13(11-20)15-6-1-2-7-19-15/h1-8,13,16H,9-11H2. The van der Waals surface area contributed by atoms with E-state index in [0.717, 1.165) is 30.9 Å². The van der Waals surface area contributed by atoms with E-state index in [1.807, 2.05) is 30.5 Å². The number of pyridine rings is 1. The fourth-order valence-corrected chi connectivity index (χ4v) is 2.58. The van der Waals surface area contributed by atoms with Gasteiger partial charge in [-0.2, -0.15) is 8.78 Å². The van der Waals surface area contributed by atoms with Gasteiger partial charge in [-0.3, -0.25) is 9.88 Å². The second-order valence-electron chi connectivity index (χ2n) is 5.17. The van der Waals surface area contributed by atoms with Gasteiger partial charge in [-0.25, -0.2) is 0 Å². The van der Waals surface area contributed by atoms with Crippen LogP contribution in [0.4, 0.5) is 8.78 Å². The molecule has 0 amide bonds. The summed E-state index contributed by atoms with van der Waals surface area (Å²) in [5.74, 6) is 0.677. The molecule has 1 aromatic heterocycles. The smallest absolute Gasteiger partial charge is 0.387 e. The Bertz CT molecular complexity index is 586. The van der Waals surface area contributed by atoms with E-state index in [1.54, 1.807) is 18.2 Å². The van der Waals surface area contributed by atoms with Crippen molar-refractivity contribution in [3.05, 3.63) is 59.9 Å². The molecule has 0 spiro atoms. The number of likely N-dealkylation sites (tertiary alicyclic amines) is 1. The molecule has 5 heteroatoms. The lowest BCUT2D eigenvalue weighted by atomic mass is 9.95. The van der Waals surface area contributed by atoms with Gasteiger partial charge in [0.2, 0.25) is 0 Å². The molecular formula is C16H16F2N2O. The summed E-state index contributed by atoms with van der Waals surface area (Å²) in [4.78, 5) is 6.62. The first kappa shape index (κ1) is 13.9. The molecule has 1 aliphatic rings. The number of ether oxygens (including phenoxy) is 1. The van der Waals surface area contributed by atoms with Gasteiger partial charge in [-0.1, -0.05) is 18.2 Å². The van der Waals surface area contributed by atoms with Crippen molar-refractivity contribution in [3.8, 4) is 5.75 Å². The summed E-state index contributed by atoms with van der Waals surface area (Å²) in [7, 11) is 0. The molecule has 0 radical (unpaired) electrons. The molecule has 0 atom stereocenters. The SMILES string of the molecule is FC(F)Oc1cccc(CN2CC(c3ccccn3)C2)c1. The van der Waals surface area contributed by atoms with Crippen molar-refractivity contribution in [1.29, 1.82) is 0 Å². The number of hydrogen-bond acceptors (Lipinski definition) is 3. The van der Waals surface area contributed by atoms with Gasteiger partial charge in [0.1, 0.15) is 5.75 Å². The predicted molar refractivity (Wildman–Crippen MR) is 75.3 cm³/mol. The minimum atomic E-state index is -2.78. The highest BCUT2D eigenvalue weighted by Gasteiger charge is 2.28. The lowest BCUT2D eigenvalue weighted by Gasteiger charge is -2.39. The number of alkyl halides is 2. The van der Waals surface area contributed by atoms with Crippen LogP contribution in [0.3, 0.4) is 0 Å². The van der Waals surface area contributed by atoms with Crippen molar-refractivity contribution in [1.82, 2.24) is 9.88 Å². The van der Waals surface area contributed by atoms with Gasteiger partial charge in [0.25, 0.3) is 0 Å². The highest BCUT2D eigenvalue weighted by molar-refractivity contribution is 5.29. The molecule has 1 saturated heterocycles. The number of aromatic nitrogens is 1. The van der Waals surface area contributed by atoms with E-state index in [9.17, 15) is 8.78 Å². The first-order chi connectivity index (χ1) is 10.2. The Kier molecular flexibility index (Phi) is 4.10.